The Labute approximate surface area is 116 Å². The largest absolute Gasteiger partial charge is 0.399 e. The number of nitrogens with one attached hydrogen (secondary N) is 1. The van der Waals surface area contributed by atoms with E-state index in [2.05, 4.69) is 11.9 Å². The van der Waals surface area contributed by atoms with Crippen LogP contribution in [0.4, 0.5) is 5.69 Å². The topological polar surface area (TPSA) is 62.1 Å². The van der Waals surface area contributed by atoms with Gasteiger partial charge in [-0.15, -0.1) is 0 Å². The first-order valence-corrected chi connectivity index (χ1v) is 7.57. The van der Waals surface area contributed by atoms with Gasteiger partial charge in [0.05, 0.1) is 0 Å². The zero-order valence-electron chi connectivity index (χ0n) is 10.8. The van der Waals surface area contributed by atoms with Crippen molar-refractivity contribution in [2.24, 2.45) is 0 Å². The van der Waals surface area contributed by atoms with Crippen LogP contribution in [0.5, 0.6) is 0 Å². The Balaban J connectivity index is 1.92. The van der Waals surface area contributed by atoms with Gasteiger partial charge in [0.15, 0.2) is 0 Å². The van der Waals surface area contributed by atoms with Crippen molar-refractivity contribution in [3.8, 4) is 0 Å². The Bertz CT molecular complexity index is 622. The zero-order valence-corrected chi connectivity index (χ0v) is 11.7. The molecule has 0 aliphatic carbocycles. The lowest BCUT2D eigenvalue weighted by molar-refractivity contribution is 0.0711. The van der Waals surface area contributed by atoms with Crippen molar-refractivity contribution >= 4 is 34.3 Å². The van der Waals surface area contributed by atoms with Crippen molar-refractivity contribution in [1.82, 2.24) is 9.88 Å². The predicted octanol–water partition coefficient (Wildman–Crippen LogP) is 2.33. The highest BCUT2D eigenvalue weighted by Gasteiger charge is 2.25. The van der Waals surface area contributed by atoms with E-state index in [-0.39, 0.29) is 5.91 Å². The fourth-order valence-corrected chi connectivity index (χ4v) is 3.46. The fraction of sp³-hybridized carbons (Fsp3) is 0.357. The third-order valence-corrected chi connectivity index (χ3v) is 4.69. The molecule has 0 bridgehead atoms. The number of nitrogen functional groups attached to an aromatic ring is 1. The van der Waals surface area contributed by atoms with Gasteiger partial charge in [-0.2, -0.15) is 11.8 Å². The van der Waals surface area contributed by atoms with Gasteiger partial charge in [-0.25, -0.2) is 0 Å². The standard InChI is InChI=1S/C14H17N3OS/c1-9-8-19-5-4-17(9)14(18)13-7-10-6-11(15)2-3-12(10)16-13/h2-3,6-7,9,16H,4-5,8,15H2,1H3. The van der Waals surface area contributed by atoms with Crippen molar-refractivity contribution in [1.29, 1.82) is 0 Å². The number of nitrogens with two attached hydrogens (primary N) is 1. The van der Waals surface area contributed by atoms with Crippen molar-refractivity contribution in [2.75, 3.05) is 23.8 Å². The highest BCUT2D eigenvalue weighted by atomic mass is 32.2. The smallest absolute Gasteiger partial charge is 0.270 e. The normalized spacial score (nSPS) is 19.8. The second kappa shape index (κ2) is 4.81. The van der Waals surface area contributed by atoms with E-state index < -0.39 is 0 Å². The van der Waals surface area contributed by atoms with Gasteiger partial charge in [0.1, 0.15) is 5.69 Å². The first-order valence-electron chi connectivity index (χ1n) is 6.42. The summed E-state index contributed by atoms with van der Waals surface area (Å²) >= 11 is 1.91. The number of carbonyl (C=O) groups excluding carboxylic acids is 1. The maximum atomic E-state index is 12.5. The number of anilines is 1. The molecule has 1 aliphatic heterocycles. The van der Waals surface area contributed by atoms with Gasteiger partial charge in [-0.1, -0.05) is 0 Å². The number of amides is 1. The van der Waals surface area contributed by atoms with Crippen LogP contribution in [0.2, 0.25) is 0 Å². The van der Waals surface area contributed by atoms with E-state index in [4.69, 9.17) is 5.73 Å². The van der Waals surface area contributed by atoms with Crippen LogP contribution in [0.3, 0.4) is 0 Å². The van der Waals surface area contributed by atoms with E-state index in [0.29, 0.717) is 17.4 Å². The van der Waals surface area contributed by atoms with E-state index in [0.717, 1.165) is 29.0 Å². The van der Waals surface area contributed by atoms with Gasteiger partial charge in [0, 0.05) is 40.7 Å². The molecule has 0 radical (unpaired) electrons. The summed E-state index contributed by atoms with van der Waals surface area (Å²) in [6.07, 6.45) is 0. The molecule has 0 saturated carbocycles. The van der Waals surface area contributed by atoms with Crippen LogP contribution in [-0.2, 0) is 0 Å². The maximum Gasteiger partial charge on any atom is 0.270 e. The molecule has 0 spiro atoms. The Morgan fingerprint density at radius 3 is 3.11 bits per heavy atom. The van der Waals surface area contributed by atoms with Crippen molar-refractivity contribution in [3.05, 3.63) is 30.0 Å². The molecule has 1 atom stereocenters. The highest BCUT2D eigenvalue weighted by molar-refractivity contribution is 7.99. The second-order valence-electron chi connectivity index (χ2n) is 4.95. The molecule has 1 aromatic heterocycles. The molecular weight excluding hydrogens is 258 g/mol. The lowest BCUT2D eigenvalue weighted by Gasteiger charge is -2.32. The lowest BCUT2D eigenvalue weighted by Crippen LogP contribution is -2.44. The molecule has 1 aliphatic rings. The zero-order chi connectivity index (χ0) is 13.4. The molecule has 1 unspecified atom stereocenters. The lowest BCUT2D eigenvalue weighted by atomic mass is 10.2. The third kappa shape index (κ3) is 2.30. The van der Waals surface area contributed by atoms with Crippen LogP contribution in [0.15, 0.2) is 24.3 Å². The minimum Gasteiger partial charge on any atom is -0.399 e. The minimum atomic E-state index is 0.0857. The summed E-state index contributed by atoms with van der Waals surface area (Å²) in [5.41, 5.74) is 8.09. The number of hydrogen-bond acceptors (Lipinski definition) is 3. The van der Waals surface area contributed by atoms with Crippen LogP contribution in [-0.4, -0.2) is 39.9 Å². The van der Waals surface area contributed by atoms with Gasteiger partial charge < -0.3 is 15.6 Å². The molecule has 4 nitrogen and oxygen atoms in total. The number of aromatic amines is 1. The van der Waals surface area contributed by atoms with Gasteiger partial charge >= 0.3 is 0 Å². The summed E-state index contributed by atoms with van der Waals surface area (Å²) in [6.45, 7) is 2.92. The number of benzene rings is 1. The molecule has 3 rings (SSSR count). The number of H-pyrrole nitrogens is 1. The molecule has 2 aromatic rings. The van der Waals surface area contributed by atoms with Gasteiger partial charge in [0.25, 0.3) is 5.91 Å². The van der Waals surface area contributed by atoms with Gasteiger partial charge in [-0.05, 0) is 31.2 Å². The first kappa shape index (κ1) is 12.4. The molecule has 3 N–H and O–H groups in total. The number of nitrogens with zero attached hydrogens (tertiary/aromatic N) is 1. The minimum absolute atomic E-state index is 0.0857. The molecule has 1 aromatic carbocycles. The molecule has 1 amide bonds. The maximum absolute atomic E-state index is 12.5. The van der Waals surface area contributed by atoms with E-state index in [1.54, 1.807) is 0 Å². The second-order valence-corrected chi connectivity index (χ2v) is 6.10. The quantitative estimate of drug-likeness (QED) is 0.785. The summed E-state index contributed by atoms with van der Waals surface area (Å²) in [5, 5.41) is 0.988. The first-order chi connectivity index (χ1) is 9.15. The Hall–Kier alpha value is -1.62. The molecule has 19 heavy (non-hydrogen) atoms. The molecule has 1 fully saturated rings. The Kier molecular flexibility index (Phi) is 3.14. The van der Waals surface area contributed by atoms with Crippen LogP contribution < -0.4 is 5.73 Å². The average Bonchev–Trinajstić information content (AvgIpc) is 2.81. The number of fused-ring (bicyclic) bond motifs is 1. The third-order valence-electron chi connectivity index (χ3n) is 3.50. The summed E-state index contributed by atoms with van der Waals surface area (Å²) in [5.74, 6) is 2.12. The number of rotatable bonds is 1. The summed E-state index contributed by atoms with van der Waals surface area (Å²) in [7, 11) is 0. The SMILES string of the molecule is CC1CSCCN1C(=O)c1cc2cc(N)ccc2[nH]1. The summed E-state index contributed by atoms with van der Waals surface area (Å²) in [4.78, 5) is 17.7. The summed E-state index contributed by atoms with van der Waals surface area (Å²) < 4.78 is 0. The number of aromatic nitrogens is 1. The Morgan fingerprint density at radius 1 is 1.47 bits per heavy atom. The molecule has 2 heterocycles. The number of thioether (sulfide) groups is 1. The monoisotopic (exact) mass is 275 g/mol. The van der Waals surface area contributed by atoms with Crippen LogP contribution in [0.25, 0.3) is 10.9 Å². The van der Waals surface area contributed by atoms with E-state index in [9.17, 15) is 4.79 Å². The van der Waals surface area contributed by atoms with Crippen molar-refractivity contribution in [3.63, 3.8) is 0 Å². The van der Waals surface area contributed by atoms with Gasteiger partial charge in [-0.3, -0.25) is 4.79 Å². The number of hydrogen-bond donors (Lipinski definition) is 2. The van der Waals surface area contributed by atoms with Crippen molar-refractivity contribution < 1.29 is 4.79 Å². The predicted molar refractivity (Wildman–Crippen MR) is 80.5 cm³/mol. The molecular formula is C14H17N3OS. The van der Waals surface area contributed by atoms with E-state index in [1.165, 1.54) is 0 Å². The average molecular weight is 275 g/mol. The van der Waals surface area contributed by atoms with Crippen LogP contribution >= 0.6 is 11.8 Å². The Morgan fingerprint density at radius 2 is 2.32 bits per heavy atom. The fourth-order valence-electron chi connectivity index (χ4n) is 2.45. The molecule has 100 valence electrons. The van der Waals surface area contributed by atoms with Gasteiger partial charge in [0.2, 0.25) is 0 Å². The van der Waals surface area contributed by atoms with Crippen LogP contribution in [0.1, 0.15) is 17.4 Å². The highest BCUT2D eigenvalue weighted by Crippen LogP contribution is 2.22. The van der Waals surface area contributed by atoms with Crippen molar-refractivity contribution in [2.45, 2.75) is 13.0 Å². The van der Waals surface area contributed by atoms with E-state index in [1.807, 2.05) is 40.9 Å². The van der Waals surface area contributed by atoms with Crippen LogP contribution in [0, 0.1) is 0 Å². The molecule has 5 heteroatoms. The molecule has 1 saturated heterocycles. The summed E-state index contributed by atoms with van der Waals surface area (Å²) in [6, 6.07) is 7.83. The number of carbonyl (C=O) groups is 1. The van der Waals surface area contributed by atoms with E-state index >= 15 is 0 Å².